The Morgan fingerprint density at radius 1 is 1.09 bits per heavy atom. The second kappa shape index (κ2) is 10.6. The Morgan fingerprint density at radius 2 is 1.88 bits per heavy atom. The number of amides is 1. The van der Waals surface area contributed by atoms with Crippen molar-refractivity contribution in [2.24, 2.45) is 5.92 Å². The van der Waals surface area contributed by atoms with Gasteiger partial charge in [0.15, 0.2) is 10.9 Å². The predicted octanol–water partition coefficient (Wildman–Crippen LogP) is 4.13. The first-order valence-corrected chi connectivity index (χ1v) is 13.0. The van der Waals surface area contributed by atoms with Gasteiger partial charge in [0, 0.05) is 51.0 Å². The maximum Gasteiger partial charge on any atom is 0.287 e. The molecule has 3 heterocycles. The lowest BCUT2D eigenvalue weighted by Crippen LogP contribution is -2.46. The highest BCUT2D eigenvalue weighted by Gasteiger charge is 2.23. The van der Waals surface area contributed by atoms with Crippen molar-refractivity contribution in [2.75, 3.05) is 37.6 Å². The number of carbonyl (C=O) groups is 1. The minimum absolute atomic E-state index is 0.136. The van der Waals surface area contributed by atoms with Crippen LogP contribution < -0.4 is 10.2 Å². The van der Waals surface area contributed by atoms with E-state index in [1.165, 1.54) is 30.2 Å². The number of piperazine rings is 1. The Morgan fingerprint density at radius 3 is 2.65 bits per heavy atom. The number of benzene rings is 1. The number of hydrogen-bond donors (Lipinski definition) is 1. The van der Waals surface area contributed by atoms with E-state index < -0.39 is 0 Å². The monoisotopic (exact) mass is 477 g/mol. The topological polar surface area (TPSA) is 74.5 Å². The van der Waals surface area contributed by atoms with Crippen LogP contribution in [0.25, 0.3) is 0 Å². The van der Waals surface area contributed by atoms with E-state index in [2.05, 4.69) is 56.5 Å². The van der Waals surface area contributed by atoms with Crippen molar-refractivity contribution >= 4 is 23.5 Å². The smallest absolute Gasteiger partial charge is 0.287 e. The van der Waals surface area contributed by atoms with Gasteiger partial charge in [0.2, 0.25) is 0 Å². The highest BCUT2D eigenvalue weighted by atomic mass is 32.2. The van der Waals surface area contributed by atoms with Gasteiger partial charge in [0.05, 0.1) is 5.75 Å². The molecule has 1 aromatic carbocycles. The number of nitrogens with one attached hydrogen (secondary N) is 1. The summed E-state index contributed by atoms with van der Waals surface area (Å²) in [5.74, 6) is 3.20. The Balaban J connectivity index is 1.14. The first-order valence-electron chi connectivity index (χ1n) is 12.0. The van der Waals surface area contributed by atoms with Crippen LogP contribution in [0.5, 0.6) is 0 Å². The third kappa shape index (κ3) is 6.18. The summed E-state index contributed by atoms with van der Waals surface area (Å²) >= 11 is 1.54. The van der Waals surface area contributed by atoms with Gasteiger partial charge in [0.25, 0.3) is 5.91 Å². The van der Waals surface area contributed by atoms with Gasteiger partial charge in [-0.15, -0.1) is 0 Å². The number of aromatic nitrogens is 2. The molecule has 34 heavy (non-hydrogen) atoms. The molecule has 7 nitrogen and oxygen atoms in total. The fraction of sp³-hybridized carbons (Fsp3) is 0.423. The summed E-state index contributed by atoms with van der Waals surface area (Å²) in [5, 5.41) is 3.68. The maximum atomic E-state index is 12.2. The van der Waals surface area contributed by atoms with Gasteiger partial charge >= 0.3 is 0 Å². The SMILES string of the molecule is Cc1cc(N2CCN(Cc3ccccc3)CC2)nc(SCc2ccc(C(=O)NCC3CC3)o2)n1. The van der Waals surface area contributed by atoms with Gasteiger partial charge < -0.3 is 14.6 Å². The Kier molecular flexibility index (Phi) is 7.16. The Bertz CT molecular complexity index is 1110. The number of furan rings is 1. The van der Waals surface area contributed by atoms with E-state index in [0.29, 0.717) is 17.4 Å². The molecule has 5 rings (SSSR count). The molecule has 0 unspecified atom stereocenters. The summed E-state index contributed by atoms with van der Waals surface area (Å²) in [5.41, 5.74) is 2.31. The molecule has 0 spiro atoms. The van der Waals surface area contributed by atoms with Crippen LogP contribution in [0.1, 0.15) is 40.4 Å². The molecule has 0 radical (unpaired) electrons. The third-order valence-corrected chi connectivity index (χ3v) is 7.11. The van der Waals surface area contributed by atoms with Gasteiger partial charge in [-0.1, -0.05) is 42.1 Å². The lowest BCUT2D eigenvalue weighted by molar-refractivity contribution is 0.0922. The van der Waals surface area contributed by atoms with Crippen LogP contribution >= 0.6 is 11.8 Å². The second-order valence-electron chi connectivity index (χ2n) is 9.11. The average molecular weight is 478 g/mol. The zero-order valence-corrected chi connectivity index (χ0v) is 20.4. The molecule has 2 aliphatic rings. The van der Waals surface area contributed by atoms with Crippen molar-refractivity contribution < 1.29 is 9.21 Å². The molecular weight excluding hydrogens is 446 g/mol. The molecule has 3 aromatic rings. The summed E-state index contributed by atoms with van der Waals surface area (Å²) in [4.78, 5) is 26.5. The standard InChI is InChI=1S/C26H31N5O2S/c1-19-15-24(31-13-11-30(12-14-31)17-21-5-3-2-4-6-21)29-26(28-19)34-18-22-9-10-23(33-22)25(32)27-16-20-7-8-20/h2-6,9-10,15,20H,7-8,11-14,16-18H2,1H3,(H,27,32). The highest BCUT2D eigenvalue weighted by molar-refractivity contribution is 7.98. The minimum atomic E-state index is -0.136. The zero-order valence-electron chi connectivity index (χ0n) is 19.6. The fourth-order valence-corrected chi connectivity index (χ4v) is 4.88. The van der Waals surface area contributed by atoms with Crippen molar-refractivity contribution in [3.63, 3.8) is 0 Å². The predicted molar refractivity (Wildman–Crippen MR) is 134 cm³/mol. The van der Waals surface area contributed by atoms with Crippen molar-refractivity contribution in [1.29, 1.82) is 0 Å². The Hall–Kier alpha value is -2.84. The molecule has 1 aliphatic heterocycles. The van der Waals surface area contributed by atoms with Crippen molar-refractivity contribution in [3.8, 4) is 0 Å². The van der Waals surface area contributed by atoms with Crippen molar-refractivity contribution in [1.82, 2.24) is 20.2 Å². The lowest BCUT2D eigenvalue weighted by Gasteiger charge is -2.35. The number of carbonyl (C=O) groups excluding carboxylic acids is 1. The molecular formula is C26H31N5O2S. The van der Waals surface area contributed by atoms with E-state index in [9.17, 15) is 4.79 Å². The number of thioether (sulfide) groups is 1. The maximum absolute atomic E-state index is 12.2. The highest BCUT2D eigenvalue weighted by Crippen LogP contribution is 2.28. The van der Waals surface area contributed by atoms with Crippen LogP contribution in [0.15, 0.2) is 58.1 Å². The summed E-state index contributed by atoms with van der Waals surface area (Å²) < 4.78 is 5.75. The normalized spacial score (nSPS) is 16.6. The fourth-order valence-electron chi connectivity index (χ4n) is 4.09. The average Bonchev–Trinajstić information content (AvgIpc) is 3.57. The molecule has 0 bridgehead atoms. The summed E-state index contributed by atoms with van der Waals surface area (Å²) in [6.07, 6.45) is 2.42. The second-order valence-corrected chi connectivity index (χ2v) is 10.0. The van der Waals surface area contributed by atoms with Gasteiger partial charge in [-0.3, -0.25) is 9.69 Å². The largest absolute Gasteiger partial charge is 0.455 e. The molecule has 2 fully saturated rings. The van der Waals surface area contributed by atoms with E-state index in [4.69, 9.17) is 9.40 Å². The van der Waals surface area contributed by atoms with Gasteiger partial charge in [-0.2, -0.15) is 0 Å². The molecule has 178 valence electrons. The van der Waals surface area contributed by atoms with Crippen molar-refractivity contribution in [3.05, 3.63) is 71.3 Å². The number of aryl methyl sites for hydroxylation is 1. The van der Waals surface area contributed by atoms with Crippen LogP contribution in [-0.2, 0) is 12.3 Å². The summed E-state index contributed by atoms with van der Waals surface area (Å²) in [6.45, 7) is 7.66. The van der Waals surface area contributed by atoms with Crippen LogP contribution in [-0.4, -0.2) is 53.5 Å². The minimum Gasteiger partial charge on any atom is -0.455 e. The van der Waals surface area contributed by atoms with Gasteiger partial charge in [-0.05, 0) is 43.4 Å². The van der Waals surface area contributed by atoms with Gasteiger partial charge in [0.1, 0.15) is 11.6 Å². The van der Waals surface area contributed by atoms with Gasteiger partial charge in [-0.25, -0.2) is 9.97 Å². The molecule has 1 amide bonds. The molecule has 1 aliphatic carbocycles. The number of hydrogen-bond acceptors (Lipinski definition) is 7. The zero-order chi connectivity index (χ0) is 23.3. The van der Waals surface area contributed by atoms with E-state index in [1.54, 1.807) is 6.07 Å². The van der Waals surface area contributed by atoms with Crippen LogP contribution in [0, 0.1) is 12.8 Å². The quantitative estimate of drug-likeness (QED) is 0.367. The number of rotatable bonds is 9. The van der Waals surface area contributed by atoms with E-state index in [0.717, 1.165) is 61.7 Å². The van der Waals surface area contributed by atoms with Crippen LogP contribution in [0.3, 0.4) is 0 Å². The number of nitrogens with zero attached hydrogens (tertiary/aromatic N) is 4. The first kappa shape index (κ1) is 22.9. The molecule has 1 N–H and O–H groups in total. The van der Waals surface area contributed by atoms with Crippen LogP contribution in [0.4, 0.5) is 5.82 Å². The molecule has 2 aromatic heterocycles. The third-order valence-electron chi connectivity index (χ3n) is 6.24. The molecule has 0 atom stereocenters. The lowest BCUT2D eigenvalue weighted by atomic mass is 10.2. The van der Waals surface area contributed by atoms with Crippen molar-refractivity contribution in [2.45, 2.75) is 37.2 Å². The van der Waals surface area contributed by atoms with Crippen LogP contribution in [0.2, 0.25) is 0 Å². The summed E-state index contributed by atoms with van der Waals surface area (Å²) in [7, 11) is 0. The first-order chi connectivity index (χ1) is 16.6. The molecule has 1 saturated heterocycles. The molecule has 8 heteroatoms. The molecule has 1 saturated carbocycles. The van der Waals surface area contributed by atoms with E-state index in [1.807, 2.05) is 13.0 Å². The van der Waals surface area contributed by atoms with E-state index in [-0.39, 0.29) is 5.91 Å². The Labute approximate surface area is 205 Å². The van der Waals surface area contributed by atoms with E-state index >= 15 is 0 Å². The summed E-state index contributed by atoms with van der Waals surface area (Å²) in [6, 6.07) is 16.3. The number of anilines is 1.